The smallest absolute Gasteiger partial charge is 0.254 e. The van der Waals surface area contributed by atoms with E-state index in [0.717, 1.165) is 31.6 Å². The van der Waals surface area contributed by atoms with Crippen LogP contribution in [0.1, 0.15) is 28.9 Å². The number of nitrogens with zero attached hydrogens (tertiary/aromatic N) is 4. The molecule has 0 saturated carbocycles. The Labute approximate surface area is 150 Å². The van der Waals surface area contributed by atoms with Crippen molar-refractivity contribution in [3.8, 4) is 5.88 Å². The Morgan fingerprint density at radius 3 is 2.48 bits per heavy atom. The summed E-state index contributed by atoms with van der Waals surface area (Å²) in [5.74, 6) is 1.32. The Balaban J connectivity index is 1.51. The number of piperidine rings is 1. The van der Waals surface area contributed by atoms with Gasteiger partial charge in [-0.1, -0.05) is 0 Å². The number of carbonyl (C=O) groups excluding carboxylic acids is 1. The fraction of sp³-hybridized carbons (Fsp3) is 0.684. The van der Waals surface area contributed by atoms with E-state index in [0.29, 0.717) is 17.4 Å². The van der Waals surface area contributed by atoms with Gasteiger partial charge in [-0.05, 0) is 38.8 Å². The molecule has 1 amide bonds. The number of hydrogen-bond acceptors (Lipinski definition) is 5. The van der Waals surface area contributed by atoms with Gasteiger partial charge < -0.3 is 19.4 Å². The first kappa shape index (κ1) is 18.1. The van der Waals surface area contributed by atoms with Crippen LogP contribution in [0.15, 0.2) is 12.1 Å². The standard InChI is InChI=1S/C19H30N4O2/c1-15-12-17(13-18(20-15)25-3)19(24)23-6-4-16(5-7-23)14-22-10-8-21(2)9-11-22/h12-13,16H,4-11,14H2,1-3H3. The fourth-order valence-corrected chi connectivity index (χ4v) is 3.76. The lowest BCUT2D eigenvalue weighted by Gasteiger charge is -2.38. The lowest BCUT2D eigenvalue weighted by atomic mass is 9.95. The molecule has 3 heterocycles. The van der Waals surface area contributed by atoms with Crippen LogP contribution in [0.4, 0.5) is 0 Å². The summed E-state index contributed by atoms with van der Waals surface area (Å²) in [6, 6.07) is 3.59. The lowest BCUT2D eigenvalue weighted by Crippen LogP contribution is -2.48. The molecule has 0 aliphatic carbocycles. The Hall–Kier alpha value is -1.66. The van der Waals surface area contributed by atoms with Crippen molar-refractivity contribution in [3.05, 3.63) is 23.4 Å². The molecule has 2 saturated heterocycles. The Morgan fingerprint density at radius 2 is 1.84 bits per heavy atom. The van der Waals surface area contributed by atoms with E-state index in [9.17, 15) is 4.79 Å². The number of amides is 1. The summed E-state index contributed by atoms with van der Waals surface area (Å²) < 4.78 is 5.19. The minimum absolute atomic E-state index is 0.0989. The first-order valence-corrected chi connectivity index (χ1v) is 9.28. The highest BCUT2D eigenvalue weighted by molar-refractivity contribution is 5.94. The minimum atomic E-state index is 0.0989. The van der Waals surface area contributed by atoms with Crippen molar-refractivity contribution in [2.24, 2.45) is 5.92 Å². The maximum atomic E-state index is 12.8. The van der Waals surface area contributed by atoms with E-state index in [1.807, 2.05) is 17.9 Å². The molecule has 0 radical (unpaired) electrons. The summed E-state index contributed by atoms with van der Waals surface area (Å²) in [6.45, 7) is 9.44. The molecule has 1 aromatic rings. The topological polar surface area (TPSA) is 48.9 Å². The van der Waals surface area contributed by atoms with Crippen LogP contribution < -0.4 is 4.74 Å². The number of aryl methyl sites for hydroxylation is 1. The van der Waals surface area contributed by atoms with Crippen molar-refractivity contribution >= 4 is 5.91 Å². The molecule has 2 aliphatic heterocycles. The number of ether oxygens (including phenoxy) is 1. The zero-order valence-corrected chi connectivity index (χ0v) is 15.7. The molecule has 1 aromatic heterocycles. The first-order chi connectivity index (χ1) is 12.0. The first-order valence-electron chi connectivity index (χ1n) is 9.28. The van der Waals surface area contributed by atoms with Crippen LogP contribution in [0.2, 0.25) is 0 Å². The van der Waals surface area contributed by atoms with Gasteiger partial charge in [0.15, 0.2) is 0 Å². The third kappa shape index (κ3) is 4.70. The number of carbonyl (C=O) groups is 1. The Morgan fingerprint density at radius 1 is 1.16 bits per heavy atom. The van der Waals surface area contributed by atoms with Gasteiger partial charge in [-0.25, -0.2) is 4.98 Å². The monoisotopic (exact) mass is 346 g/mol. The van der Waals surface area contributed by atoms with E-state index in [1.54, 1.807) is 13.2 Å². The average Bonchev–Trinajstić information content (AvgIpc) is 2.63. The van der Waals surface area contributed by atoms with Crippen molar-refractivity contribution in [2.45, 2.75) is 19.8 Å². The molecule has 0 atom stereocenters. The van der Waals surface area contributed by atoms with E-state index in [4.69, 9.17) is 4.74 Å². The van der Waals surface area contributed by atoms with Crippen molar-refractivity contribution in [1.29, 1.82) is 0 Å². The van der Waals surface area contributed by atoms with Gasteiger partial charge in [0.05, 0.1) is 7.11 Å². The van der Waals surface area contributed by atoms with Gasteiger partial charge in [0.25, 0.3) is 5.91 Å². The van der Waals surface area contributed by atoms with Gasteiger partial charge in [0.2, 0.25) is 5.88 Å². The SMILES string of the molecule is COc1cc(C(=O)N2CCC(CN3CCN(C)CC3)CC2)cc(C)n1. The summed E-state index contributed by atoms with van der Waals surface area (Å²) in [6.07, 6.45) is 2.19. The second-order valence-electron chi connectivity index (χ2n) is 7.38. The van der Waals surface area contributed by atoms with E-state index >= 15 is 0 Å². The normalized spacial score (nSPS) is 20.7. The third-order valence-electron chi connectivity index (χ3n) is 5.40. The Kier molecular flexibility index (Phi) is 5.91. The van der Waals surface area contributed by atoms with E-state index in [2.05, 4.69) is 21.8 Å². The van der Waals surface area contributed by atoms with Crippen LogP contribution in [0.5, 0.6) is 5.88 Å². The molecule has 138 valence electrons. The zero-order chi connectivity index (χ0) is 17.8. The van der Waals surface area contributed by atoms with Crippen LogP contribution in [0, 0.1) is 12.8 Å². The molecule has 2 fully saturated rings. The van der Waals surface area contributed by atoms with Crippen molar-refractivity contribution in [2.75, 3.05) is 60.0 Å². The van der Waals surface area contributed by atoms with Crippen LogP contribution >= 0.6 is 0 Å². The molecular formula is C19H30N4O2. The van der Waals surface area contributed by atoms with Gasteiger partial charge in [0, 0.05) is 63.1 Å². The number of likely N-dealkylation sites (tertiary alicyclic amines) is 1. The zero-order valence-electron chi connectivity index (χ0n) is 15.7. The number of hydrogen-bond donors (Lipinski definition) is 0. The highest BCUT2D eigenvalue weighted by atomic mass is 16.5. The summed E-state index contributed by atoms with van der Waals surface area (Å²) in [7, 11) is 3.77. The summed E-state index contributed by atoms with van der Waals surface area (Å²) in [4.78, 5) is 24.0. The van der Waals surface area contributed by atoms with E-state index < -0.39 is 0 Å². The van der Waals surface area contributed by atoms with Gasteiger partial charge in [-0.15, -0.1) is 0 Å². The minimum Gasteiger partial charge on any atom is -0.481 e. The van der Waals surface area contributed by atoms with E-state index in [1.165, 1.54) is 32.7 Å². The maximum Gasteiger partial charge on any atom is 0.254 e. The molecule has 0 spiro atoms. The van der Waals surface area contributed by atoms with Crippen LogP contribution in [0.25, 0.3) is 0 Å². The van der Waals surface area contributed by atoms with Crippen LogP contribution in [-0.2, 0) is 0 Å². The summed E-state index contributed by atoms with van der Waals surface area (Å²) in [5.41, 5.74) is 1.49. The molecule has 6 heteroatoms. The molecule has 0 N–H and O–H groups in total. The second kappa shape index (κ2) is 8.15. The van der Waals surface area contributed by atoms with Gasteiger partial charge in [0.1, 0.15) is 0 Å². The fourth-order valence-electron chi connectivity index (χ4n) is 3.76. The quantitative estimate of drug-likeness (QED) is 0.827. The number of rotatable bonds is 4. The van der Waals surface area contributed by atoms with Crippen molar-refractivity contribution < 1.29 is 9.53 Å². The van der Waals surface area contributed by atoms with E-state index in [-0.39, 0.29) is 5.91 Å². The predicted molar refractivity (Wildman–Crippen MR) is 98.1 cm³/mol. The molecular weight excluding hydrogens is 316 g/mol. The van der Waals surface area contributed by atoms with Gasteiger partial charge in [-0.3, -0.25) is 4.79 Å². The molecule has 0 bridgehead atoms. The second-order valence-corrected chi connectivity index (χ2v) is 7.38. The average molecular weight is 346 g/mol. The molecule has 3 rings (SSSR count). The lowest BCUT2D eigenvalue weighted by molar-refractivity contribution is 0.0643. The molecule has 6 nitrogen and oxygen atoms in total. The molecule has 0 unspecified atom stereocenters. The summed E-state index contributed by atoms with van der Waals surface area (Å²) in [5, 5.41) is 0. The predicted octanol–water partition coefficient (Wildman–Crippen LogP) is 1.50. The van der Waals surface area contributed by atoms with Gasteiger partial charge in [-0.2, -0.15) is 0 Å². The molecule has 0 aromatic carbocycles. The highest BCUT2D eigenvalue weighted by Gasteiger charge is 2.26. The van der Waals surface area contributed by atoms with Gasteiger partial charge >= 0.3 is 0 Å². The van der Waals surface area contributed by atoms with Crippen LogP contribution in [0.3, 0.4) is 0 Å². The molecule has 2 aliphatic rings. The largest absolute Gasteiger partial charge is 0.481 e. The number of pyridine rings is 1. The third-order valence-corrected chi connectivity index (χ3v) is 5.40. The summed E-state index contributed by atoms with van der Waals surface area (Å²) >= 11 is 0. The number of piperazine rings is 1. The van der Waals surface area contributed by atoms with Crippen molar-refractivity contribution in [1.82, 2.24) is 19.7 Å². The molecule has 25 heavy (non-hydrogen) atoms. The number of likely N-dealkylation sites (N-methyl/N-ethyl adjacent to an activating group) is 1. The highest BCUT2D eigenvalue weighted by Crippen LogP contribution is 2.22. The maximum absolute atomic E-state index is 12.8. The van der Waals surface area contributed by atoms with Crippen LogP contribution in [-0.4, -0.2) is 85.6 Å². The van der Waals surface area contributed by atoms with Crippen molar-refractivity contribution in [3.63, 3.8) is 0 Å². The number of aromatic nitrogens is 1. The number of methoxy groups -OCH3 is 1. The Bertz CT molecular complexity index is 591.